The van der Waals surface area contributed by atoms with E-state index in [0.29, 0.717) is 12.8 Å². The van der Waals surface area contributed by atoms with Crippen LogP contribution in [0, 0.1) is 12.3 Å². The molecule has 1 unspecified atom stereocenters. The van der Waals surface area contributed by atoms with Crippen molar-refractivity contribution in [2.75, 3.05) is 0 Å². The van der Waals surface area contributed by atoms with E-state index < -0.39 is 6.04 Å². The predicted molar refractivity (Wildman–Crippen MR) is 73.8 cm³/mol. The Kier molecular flexibility index (Phi) is 5.96. The van der Waals surface area contributed by atoms with E-state index in [1.807, 2.05) is 37.3 Å². The van der Waals surface area contributed by atoms with Gasteiger partial charge < -0.3 is 11.1 Å². The first kappa shape index (κ1) is 14.3. The van der Waals surface area contributed by atoms with E-state index in [-0.39, 0.29) is 11.9 Å². The fourth-order valence-electron chi connectivity index (χ4n) is 1.68. The molecule has 1 rings (SSSR count). The van der Waals surface area contributed by atoms with Crippen molar-refractivity contribution < 1.29 is 4.79 Å². The molecule has 1 amide bonds. The van der Waals surface area contributed by atoms with Gasteiger partial charge in [-0.2, -0.15) is 0 Å². The highest BCUT2D eigenvalue weighted by Crippen LogP contribution is 2.04. The maximum atomic E-state index is 11.7. The highest BCUT2D eigenvalue weighted by atomic mass is 16.2. The molecule has 0 heterocycles. The van der Waals surface area contributed by atoms with Crippen LogP contribution in [0.1, 0.15) is 25.3 Å². The Hall–Kier alpha value is -1.79. The summed E-state index contributed by atoms with van der Waals surface area (Å²) in [5.41, 5.74) is 7.04. The second-order valence-corrected chi connectivity index (χ2v) is 4.45. The lowest BCUT2D eigenvalue weighted by atomic mass is 10.0. The van der Waals surface area contributed by atoms with Crippen molar-refractivity contribution in [3.05, 3.63) is 35.9 Å². The summed E-state index contributed by atoms with van der Waals surface area (Å²) in [4.78, 5) is 11.7. The summed E-state index contributed by atoms with van der Waals surface area (Å²) < 4.78 is 0. The fraction of sp³-hybridized carbons (Fsp3) is 0.400. The number of amides is 1. The number of terminal acetylenes is 1. The van der Waals surface area contributed by atoms with Gasteiger partial charge in [-0.15, -0.1) is 12.3 Å². The van der Waals surface area contributed by atoms with Gasteiger partial charge in [0.15, 0.2) is 0 Å². The van der Waals surface area contributed by atoms with Crippen LogP contribution in [-0.4, -0.2) is 18.0 Å². The molecule has 0 saturated carbocycles. The van der Waals surface area contributed by atoms with E-state index in [0.717, 1.165) is 6.42 Å². The molecule has 0 spiro atoms. The number of carbonyl (C=O) groups excluding carboxylic acids is 1. The number of nitrogens with two attached hydrogens (primary N) is 1. The number of carbonyl (C=O) groups is 1. The molecule has 2 atom stereocenters. The van der Waals surface area contributed by atoms with Gasteiger partial charge in [0.05, 0.1) is 6.04 Å². The number of benzene rings is 1. The highest BCUT2D eigenvalue weighted by molar-refractivity contribution is 5.81. The molecule has 1 aromatic carbocycles. The molecule has 1 aromatic rings. The zero-order valence-corrected chi connectivity index (χ0v) is 10.7. The van der Waals surface area contributed by atoms with Gasteiger partial charge in [-0.05, 0) is 25.3 Å². The Morgan fingerprint density at radius 3 is 2.72 bits per heavy atom. The van der Waals surface area contributed by atoms with E-state index in [1.165, 1.54) is 5.56 Å². The Morgan fingerprint density at radius 1 is 1.44 bits per heavy atom. The Bertz CT molecular complexity index is 408. The summed E-state index contributed by atoms with van der Waals surface area (Å²) >= 11 is 0. The first-order valence-electron chi connectivity index (χ1n) is 6.17. The minimum absolute atomic E-state index is 0.0229. The van der Waals surface area contributed by atoms with Crippen LogP contribution in [0.3, 0.4) is 0 Å². The van der Waals surface area contributed by atoms with Gasteiger partial charge in [0.1, 0.15) is 0 Å². The second kappa shape index (κ2) is 7.52. The summed E-state index contributed by atoms with van der Waals surface area (Å²) in [5, 5.41) is 2.81. The van der Waals surface area contributed by atoms with Crippen LogP contribution >= 0.6 is 0 Å². The van der Waals surface area contributed by atoms with Crippen molar-refractivity contribution in [3.8, 4) is 12.3 Å². The first-order chi connectivity index (χ1) is 8.63. The largest absolute Gasteiger partial charge is 0.351 e. The molecule has 96 valence electrons. The summed E-state index contributed by atoms with van der Waals surface area (Å²) in [5.74, 6) is 2.38. The van der Waals surface area contributed by atoms with Gasteiger partial charge in [0, 0.05) is 12.5 Å². The fourth-order valence-corrected chi connectivity index (χ4v) is 1.68. The lowest BCUT2D eigenvalue weighted by Crippen LogP contribution is -2.44. The Balaban J connectivity index is 2.34. The van der Waals surface area contributed by atoms with Gasteiger partial charge >= 0.3 is 0 Å². The van der Waals surface area contributed by atoms with E-state index in [4.69, 9.17) is 12.2 Å². The van der Waals surface area contributed by atoms with Crippen molar-refractivity contribution in [1.29, 1.82) is 0 Å². The molecule has 0 saturated heterocycles. The van der Waals surface area contributed by atoms with Crippen LogP contribution in [0.5, 0.6) is 0 Å². The molecule has 0 aliphatic carbocycles. The van der Waals surface area contributed by atoms with Crippen molar-refractivity contribution >= 4 is 5.91 Å². The van der Waals surface area contributed by atoms with E-state index in [1.54, 1.807) is 0 Å². The summed E-state index contributed by atoms with van der Waals surface area (Å²) in [7, 11) is 0. The second-order valence-electron chi connectivity index (χ2n) is 4.45. The van der Waals surface area contributed by atoms with Gasteiger partial charge in [-0.25, -0.2) is 0 Å². The first-order valence-corrected chi connectivity index (χ1v) is 6.17. The Morgan fingerprint density at radius 2 is 2.11 bits per heavy atom. The van der Waals surface area contributed by atoms with Crippen molar-refractivity contribution in [2.24, 2.45) is 5.73 Å². The van der Waals surface area contributed by atoms with Crippen LogP contribution < -0.4 is 11.1 Å². The van der Waals surface area contributed by atoms with Gasteiger partial charge in [0.25, 0.3) is 0 Å². The van der Waals surface area contributed by atoms with Gasteiger partial charge in [0.2, 0.25) is 5.91 Å². The van der Waals surface area contributed by atoms with Crippen LogP contribution in [0.15, 0.2) is 30.3 Å². The van der Waals surface area contributed by atoms with Gasteiger partial charge in [-0.1, -0.05) is 30.3 Å². The Labute approximate surface area is 109 Å². The normalized spacial score (nSPS) is 13.4. The zero-order valence-electron chi connectivity index (χ0n) is 10.7. The third kappa shape index (κ3) is 5.03. The summed E-state index contributed by atoms with van der Waals surface area (Å²) in [6.07, 6.45) is 7.15. The van der Waals surface area contributed by atoms with Crippen LogP contribution in [0.25, 0.3) is 0 Å². The van der Waals surface area contributed by atoms with Gasteiger partial charge in [-0.3, -0.25) is 4.79 Å². The molecule has 0 radical (unpaired) electrons. The minimum Gasteiger partial charge on any atom is -0.351 e. The van der Waals surface area contributed by atoms with Crippen molar-refractivity contribution in [1.82, 2.24) is 5.32 Å². The van der Waals surface area contributed by atoms with Crippen LogP contribution in [-0.2, 0) is 11.2 Å². The van der Waals surface area contributed by atoms with Crippen LogP contribution in [0.2, 0.25) is 0 Å². The third-order valence-electron chi connectivity index (χ3n) is 2.74. The molecule has 0 aromatic heterocycles. The lowest BCUT2D eigenvalue weighted by molar-refractivity contribution is -0.123. The number of aryl methyl sites for hydroxylation is 1. The molecule has 3 N–H and O–H groups in total. The molecule has 3 heteroatoms. The highest BCUT2D eigenvalue weighted by Gasteiger charge is 2.14. The topological polar surface area (TPSA) is 55.1 Å². The average Bonchev–Trinajstić information content (AvgIpc) is 2.37. The van der Waals surface area contributed by atoms with Crippen LogP contribution in [0.4, 0.5) is 0 Å². The SMILES string of the molecule is C#CCC(C)NC(=O)[C@@H](N)CCc1ccccc1. The number of rotatable bonds is 6. The number of nitrogens with one attached hydrogen (secondary N) is 1. The molecule has 0 aliphatic rings. The zero-order chi connectivity index (χ0) is 13.4. The van der Waals surface area contributed by atoms with E-state index in [9.17, 15) is 4.79 Å². The van der Waals surface area contributed by atoms with E-state index in [2.05, 4.69) is 11.2 Å². The molecule has 0 bridgehead atoms. The maximum absolute atomic E-state index is 11.7. The standard InChI is InChI=1S/C15H20N2O/c1-3-7-12(2)17-15(18)14(16)11-10-13-8-5-4-6-9-13/h1,4-6,8-9,12,14H,7,10-11,16H2,2H3,(H,17,18)/t12?,14-/m0/s1. The van der Waals surface area contributed by atoms with Crippen molar-refractivity contribution in [3.63, 3.8) is 0 Å². The minimum atomic E-state index is -0.481. The number of hydrogen-bond acceptors (Lipinski definition) is 2. The molecular formula is C15H20N2O. The molecule has 18 heavy (non-hydrogen) atoms. The summed E-state index contributed by atoms with van der Waals surface area (Å²) in [6.45, 7) is 1.88. The third-order valence-corrected chi connectivity index (χ3v) is 2.74. The average molecular weight is 244 g/mol. The molecular weight excluding hydrogens is 224 g/mol. The molecule has 0 aliphatic heterocycles. The van der Waals surface area contributed by atoms with Crippen molar-refractivity contribution in [2.45, 2.75) is 38.3 Å². The molecule has 0 fully saturated rings. The summed E-state index contributed by atoms with van der Waals surface area (Å²) in [6, 6.07) is 9.50. The quantitative estimate of drug-likeness (QED) is 0.745. The smallest absolute Gasteiger partial charge is 0.237 e. The maximum Gasteiger partial charge on any atom is 0.237 e. The van der Waals surface area contributed by atoms with E-state index >= 15 is 0 Å². The molecule has 3 nitrogen and oxygen atoms in total. The lowest BCUT2D eigenvalue weighted by Gasteiger charge is -2.15. The number of hydrogen-bond donors (Lipinski definition) is 2. The predicted octanol–water partition coefficient (Wildman–Crippen LogP) is 1.47. The monoisotopic (exact) mass is 244 g/mol.